The van der Waals surface area contributed by atoms with Gasteiger partial charge in [0.1, 0.15) is 19.0 Å². The third-order valence-corrected chi connectivity index (χ3v) is 6.76. The first-order valence-electron chi connectivity index (χ1n) is 16.6. The highest BCUT2D eigenvalue weighted by Gasteiger charge is 2.03. The Kier molecular flexibility index (Phi) is 27.0. The topological polar surface area (TPSA) is 102 Å². The SMILES string of the molecule is CCCCCCCCCCCCCCCC(=O)OCCOCCOCCOCCOCCOc1ccc(NC(C)=O)cc1. The third-order valence-electron chi connectivity index (χ3n) is 6.76. The van der Waals surface area contributed by atoms with Gasteiger partial charge in [-0.25, -0.2) is 0 Å². The van der Waals surface area contributed by atoms with Crippen molar-refractivity contribution in [2.75, 3.05) is 71.4 Å². The molecule has 9 heteroatoms. The molecule has 0 aliphatic heterocycles. The Morgan fingerprint density at radius 1 is 0.558 bits per heavy atom. The van der Waals surface area contributed by atoms with Crippen molar-refractivity contribution in [1.29, 1.82) is 0 Å². The summed E-state index contributed by atoms with van der Waals surface area (Å²) in [4.78, 5) is 22.9. The number of hydrogen-bond donors (Lipinski definition) is 1. The van der Waals surface area contributed by atoms with Gasteiger partial charge in [-0.2, -0.15) is 0 Å². The number of rotatable bonds is 31. The molecule has 0 radical (unpaired) electrons. The molecule has 0 aromatic heterocycles. The molecule has 248 valence electrons. The Labute approximate surface area is 260 Å². The van der Waals surface area contributed by atoms with E-state index >= 15 is 0 Å². The molecule has 9 nitrogen and oxygen atoms in total. The van der Waals surface area contributed by atoms with Crippen LogP contribution in [0, 0.1) is 0 Å². The number of hydrogen-bond acceptors (Lipinski definition) is 8. The van der Waals surface area contributed by atoms with Gasteiger partial charge in [-0.3, -0.25) is 9.59 Å². The van der Waals surface area contributed by atoms with Gasteiger partial charge in [0, 0.05) is 19.0 Å². The predicted molar refractivity (Wildman–Crippen MR) is 171 cm³/mol. The first-order chi connectivity index (χ1) is 21.1. The van der Waals surface area contributed by atoms with Crippen LogP contribution in [-0.4, -0.2) is 77.9 Å². The highest BCUT2D eigenvalue weighted by molar-refractivity contribution is 5.88. The molecule has 0 saturated carbocycles. The quantitative estimate of drug-likeness (QED) is 0.0702. The van der Waals surface area contributed by atoms with Crippen LogP contribution in [0.2, 0.25) is 0 Å². The summed E-state index contributed by atoms with van der Waals surface area (Å²) in [6, 6.07) is 7.18. The minimum absolute atomic E-state index is 0.105. The monoisotopic (exact) mass is 609 g/mol. The van der Waals surface area contributed by atoms with Crippen molar-refractivity contribution in [3.63, 3.8) is 0 Å². The third kappa shape index (κ3) is 27.1. The lowest BCUT2D eigenvalue weighted by atomic mass is 10.0. The molecule has 1 amide bonds. The highest BCUT2D eigenvalue weighted by Crippen LogP contribution is 2.16. The van der Waals surface area contributed by atoms with E-state index < -0.39 is 0 Å². The Balaban J connectivity index is 1.73. The molecule has 1 aromatic rings. The summed E-state index contributed by atoms with van der Waals surface area (Å²) < 4.78 is 32.7. The molecule has 0 heterocycles. The van der Waals surface area contributed by atoms with Gasteiger partial charge in [0.15, 0.2) is 0 Å². The highest BCUT2D eigenvalue weighted by atomic mass is 16.6. The maximum absolute atomic E-state index is 11.8. The van der Waals surface area contributed by atoms with Crippen molar-refractivity contribution < 1.29 is 38.0 Å². The summed E-state index contributed by atoms with van der Waals surface area (Å²) in [5.74, 6) is 0.480. The maximum atomic E-state index is 11.8. The smallest absolute Gasteiger partial charge is 0.305 e. The van der Waals surface area contributed by atoms with Gasteiger partial charge in [0.05, 0.1) is 52.9 Å². The van der Waals surface area contributed by atoms with Crippen molar-refractivity contribution in [3.05, 3.63) is 24.3 Å². The molecule has 1 aromatic carbocycles. The normalized spacial score (nSPS) is 11.0. The average Bonchev–Trinajstić information content (AvgIpc) is 2.99. The van der Waals surface area contributed by atoms with Gasteiger partial charge in [0.2, 0.25) is 5.91 Å². The van der Waals surface area contributed by atoms with Crippen molar-refractivity contribution in [2.45, 2.75) is 104 Å². The minimum atomic E-state index is -0.133. The maximum Gasteiger partial charge on any atom is 0.305 e. The van der Waals surface area contributed by atoms with E-state index in [0.29, 0.717) is 65.9 Å². The van der Waals surface area contributed by atoms with Gasteiger partial charge >= 0.3 is 5.97 Å². The lowest BCUT2D eigenvalue weighted by Gasteiger charge is -2.09. The summed E-state index contributed by atoms with van der Waals surface area (Å²) in [6.45, 7) is 8.14. The first kappa shape index (κ1) is 38.8. The molecule has 0 aliphatic rings. The molecule has 0 saturated heterocycles. The van der Waals surface area contributed by atoms with E-state index in [1.807, 2.05) is 0 Å². The molecule has 1 N–H and O–H groups in total. The Bertz CT molecular complexity index is 774. The van der Waals surface area contributed by atoms with Crippen LogP contribution in [0.15, 0.2) is 24.3 Å². The van der Waals surface area contributed by atoms with Crippen LogP contribution in [-0.2, 0) is 33.3 Å². The molecule has 0 atom stereocenters. The molecular formula is C34H59NO8. The lowest BCUT2D eigenvalue weighted by Crippen LogP contribution is -2.15. The predicted octanol–water partition coefficient (Wildman–Crippen LogP) is 7.11. The Morgan fingerprint density at radius 2 is 0.977 bits per heavy atom. The fourth-order valence-electron chi connectivity index (χ4n) is 4.39. The van der Waals surface area contributed by atoms with E-state index in [2.05, 4.69) is 12.2 Å². The number of ether oxygens (including phenoxy) is 6. The largest absolute Gasteiger partial charge is 0.491 e. The summed E-state index contributed by atoms with van der Waals surface area (Å²) in [5.41, 5.74) is 0.734. The Hall–Kier alpha value is -2.20. The van der Waals surface area contributed by atoms with Crippen LogP contribution >= 0.6 is 0 Å². The van der Waals surface area contributed by atoms with E-state index in [1.54, 1.807) is 24.3 Å². The van der Waals surface area contributed by atoms with Crippen LogP contribution in [0.1, 0.15) is 104 Å². The van der Waals surface area contributed by atoms with Crippen molar-refractivity contribution in [1.82, 2.24) is 0 Å². The summed E-state index contributed by atoms with van der Waals surface area (Å²) in [7, 11) is 0. The lowest BCUT2D eigenvalue weighted by molar-refractivity contribution is -0.145. The number of amides is 1. The molecule has 0 unspecified atom stereocenters. The van der Waals surface area contributed by atoms with E-state index in [9.17, 15) is 9.59 Å². The fourth-order valence-corrected chi connectivity index (χ4v) is 4.39. The summed E-state index contributed by atoms with van der Waals surface area (Å²) >= 11 is 0. The molecule has 1 rings (SSSR count). The van der Waals surface area contributed by atoms with Gasteiger partial charge in [-0.05, 0) is 30.7 Å². The fraction of sp³-hybridized carbons (Fsp3) is 0.765. The van der Waals surface area contributed by atoms with E-state index in [-0.39, 0.29) is 18.5 Å². The number of nitrogens with one attached hydrogen (secondary N) is 1. The van der Waals surface area contributed by atoms with Gasteiger partial charge in [0.25, 0.3) is 0 Å². The van der Waals surface area contributed by atoms with Gasteiger partial charge < -0.3 is 33.7 Å². The second-order valence-corrected chi connectivity index (χ2v) is 10.7. The van der Waals surface area contributed by atoms with E-state index in [4.69, 9.17) is 28.4 Å². The number of anilines is 1. The minimum Gasteiger partial charge on any atom is -0.491 e. The van der Waals surface area contributed by atoms with Gasteiger partial charge in [-0.15, -0.1) is 0 Å². The summed E-state index contributed by atoms with van der Waals surface area (Å²) in [5, 5.41) is 2.71. The van der Waals surface area contributed by atoms with Crippen LogP contribution in [0.25, 0.3) is 0 Å². The van der Waals surface area contributed by atoms with E-state index in [1.165, 1.54) is 77.6 Å². The summed E-state index contributed by atoms with van der Waals surface area (Å²) in [6.07, 6.45) is 17.3. The van der Waals surface area contributed by atoms with Gasteiger partial charge in [-0.1, -0.05) is 84.0 Å². The van der Waals surface area contributed by atoms with Crippen LogP contribution in [0.3, 0.4) is 0 Å². The van der Waals surface area contributed by atoms with Crippen LogP contribution in [0.5, 0.6) is 5.75 Å². The van der Waals surface area contributed by atoms with Crippen molar-refractivity contribution >= 4 is 17.6 Å². The zero-order valence-corrected chi connectivity index (χ0v) is 27.0. The number of carbonyl (C=O) groups excluding carboxylic acids is 2. The standard InChI is InChI=1S/C34H59NO8/c1-3-4-5-6-7-8-9-10-11-12-13-14-15-16-34(37)43-30-28-41-26-24-39-22-21-38-23-25-40-27-29-42-33-19-17-32(18-20-33)35-31(2)36/h17-20H,3-16,21-30H2,1-2H3,(H,35,36). The molecule has 0 bridgehead atoms. The number of carbonyl (C=O) groups is 2. The van der Waals surface area contributed by atoms with Crippen LogP contribution < -0.4 is 10.1 Å². The zero-order valence-electron chi connectivity index (χ0n) is 27.0. The average molecular weight is 610 g/mol. The number of esters is 1. The second-order valence-electron chi connectivity index (χ2n) is 10.7. The Morgan fingerprint density at radius 3 is 1.44 bits per heavy atom. The zero-order chi connectivity index (χ0) is 31.1. The molecular weight excluding hydrogens is 550 g/mol. The number of unbranched alkanes of at least 4 members (excludes halogenated alkanes) is 12. The second kappa shape index (κ2) is 29.9. The molecule has 0 aliphatic carbocycles. The van der Waals surface area contributed by atoms with Crippen LogP contribution in [0.4, 0.5) is 5.69 Å². The number of benzene rings is 1. The van der Waals surface area contributed by atoms with Crippen molar-refractivity contribution in [3.8, 4) is 5.75 Å². The molecule has 43 heavy (non-hydrogen) atoms. The molecule has 0 fully saturated rings. The van der Waals surface area contributed by atoms with E-state index in [0.717, 1.165) is 24.3 Å². The molecule has 0 spiro atoms. The first-order valence-corrected chi connectivity index (χ1v) is 16.6. The van der Waals surface area contributed by atoms with Crippen molar-refractivity contribution in [2.24, 2.45) is 0 Å².